The van der Waals surface area contributed by atoms with Crippen molar-refractivity contribution in [3.63, 3.8) is 0 Å². The fourth-order valence-electron chi connectivity index (χ4n) is 3.22. The standard InChI is InChI=1S/C22H16F3N3O3/c23-22(24,25)17-4-1-3-14(7-17)10-28-11-16(19-5-2-6-27-20(19)28)8-15(9-26)21(29)31-18-12-30-13-18/h1-8,11,18H,10,12-13H2/b15-8+. The molecule has 1 aliphatic heterocycles. The van der Waals surface area contributed by atoms with Gasteiger partial charge in [0.15, 0.2) is 0 Å². The molecule has 1 fully saturated rings. The quantitative estimate of drug-likeness (QED) is 0.350. The maximum absolute atomic E-state index is 13.0. The number of alkyl halides is 3. The lowest BCUT2D eigenvalue weighted by molar-refractivity contribution is -0.167. The average Bonchev–Trinajstić information content (AvgIpc) is 3.05. The fraction of sp³-hybridized carbons (Fsp3) is 0.227. The summed E-state index contributed by atoms with van der Waals surface area (Å²) in [5.74, 6) is -0.751. The first-order valence-corrected chi connectivity index (χ1v) is 9.35. The van der Waals surface area contributed by atoms with Crippen molar-refractivity contribution in [2.24, 2.45) is 0 Å². The predicted molar refractivity (Wildman–Crippen MR) is 105 cm³/mol. The molecule has 1 aromatic carbocycles. The number of rotatable bonds is 5. The van der Waals surface area contributed by atoms with Gasteiger partial charge in [-0.2, -0.15) is 18.4 Å². The largest absolute Gasteiger partial charge is 0.453 e. The third-order valence-corrected chi connectivity index (χ3v) is 4.79. The number of hydrogen-bond donors (Lipinski definition) is 0. The van der Waals surface area contributed by atoms with Gasteiger partial charge in [0.1, 0.15) is 23.4 Å². The summed E-state index contributed by atoms with van der Waals surface area (Å²) in [6.45, 7) is 0.729. The second-order valence-corrected chi connectivity index (χ2v) is 7.02. The Labute approximate surface area is 175 Å². The van der Waals surface area contributed by atoms with Gasteiger partial charge >= 0.3 is 12.1 Å². The van der Waals surface area contributed by atoms with Crippen molar-refractivity contribution in [2.45, 2.75) is 18.8 Å². The van der Waals surface area contributed by atoms with Crippen molar-refractivity contribution in [1.82, 2.24) is 9.55 Å². The van der Waals surface area contributed by atoms with Gasteiger partial charge in [-0.05, 0) is 35.9 Å². The smallest absolute Gasteiger partial charge is 0.416 e. The summed E-state index contributed by atoms with van der Waals surface area (Å²) in [6, 6.07) is 10.4. The molecule has 1 saturated heterocycles. The molecule has 158 valence electrons. The third-order valence-electron chi connectivity index (χ3n) is 4.79. The molecule has 31 heavy (non-hydrogen) atoms. The van der Waals surface area contributed by atoms with Crippen LogP contribution >= 0.6 is 0 Å². The van der Waals surface area contributed by atoms with Crippen molar-refractivity contribution >= 4 is 23.1 Å². The first-order valence-electron chi connectivity index (χ1n) is 9.35. The number of fused-ring (bicyclic) bond motifs is 1. The molecule has 0 N–H and O–H groups in total. The van der Waals surface area contributed by atoms with E-state index in [1.807, 2.05) is 6.07 Å². The Kier molecular flexibility index (Phi) is 5.48. The van der Waals surface area contributed by atoms with Crippen LogP contribution in [0.15, 0.2) is 54.4 Å². The topological polar surface area (TPSA) is 77.1 Å². The van der Waals surface area contributed by atoms with Crippen LogP contribution in [0.5, 0.6) is 0 Å². The molecule has 6 nitrogen and oxygen atoms in total. The van der Waals surface area contributed by atoms with Crippen LogP contribution in [0.4, 0.5) is 13.2 Å². The van der Waals surface area contributed by atoms with E-state index in [0.717, 1.165) is 12.1 Å². The first kappa shape index (κ1) is 20.6. The van der Waals surface area contributed by atoms with Crippen LogP contribution in [0.3, 0.4) is 0 Å². The van der Waals surface area contributed by atoms with Crippen LogP contribution in [0, 0.1) is 11.3 Å². The molecule has 0 unspecified atom stereocenters. The van der Waals surface area contributed by atoms with Gasteiger partial charge in [-0.15, -0.1) is 0 Å². The van der Waals surface area contributed by atoms with E-state index in [1.54, 1.807) is 35.2 Å². The van der Waals surface area contributed by atoms with Crippen molar-refractivity contribution in [2.75, 3.05) is 13.2 Å². The average molecular weight is 427 g/mol. The van der Waals surface area contributed by atoms with Crippen molar-refractivity contribution in [1.29, 1.82) is 5.26 Å². The van der Waals surface area contributed by atoms with Gasteiger partial charge in [-0.3, -0.25) is 0 Å². The number of carbonyl (C=O) groups is 1. The molecule has 0 amide bonds. The Bertz CT molecular complexity index is 1200. The Morgan fingerprint density at radius 1 is 1.32 bits per heavy atom. The normalized spacial score (nSPS) is 14.8. The SMILES string of the molecule is N#C/C(=C\c1cn(Cc2cccc(C(F)(F)F)c2)c2ncccc12)C(=O)OC1COC1. The number of pyridine rings is 1. The zero-order valence-corrected chi connectivity index (χ0v) is 16.1. The molecule has 0 radical (unpaired) electrons. The highest BCUT2D eigenvalue weighted by Gasteiger charge is 2.30. The van der Waals surface area contributed by atoms with Gasteiger partial charge < -0.3 is 14.0 Å². The number of nitrogens with zero attached hydrogens (tertiary/aromatic N) is 3. The van der Waals surface area contributed by atoms with Gasteiger partial charge in [-0.25, -0.2) is 9.78 Å². The summed E-state index contributed by atoms with van der Waals surface area (Å²) in [7, 11) is 0. The molecule has 0 atom stereocenters. The maximum Gasteiger partial charge on any atom is 0.416 e. The third kappa shape index (κ3) is 4.44. The lowest BCUT2D eigenvalue weighted by atomic mass is 10.1. The van der Waals surface area contributed by atoms with E-state index in [1.165, 1.54) is 12.1 Å². The van der Waals surface area contributed by atoms with Gasteiger partial charge in [0.25, 0.3) is 0 Å². The van der Waals surface area contributed by atoms with E-state index in [4.69, 9.17) is 9.47 Å². The molecule has 1 aliphatic rings. The monoisotopic (exact) mass is 427 g/mol. The molecule has 3 heterocycles. The summed E-state index contributed by atoms with van der Waals surface area (Å²) in [6.07, 6.45) is -0.194. The number of hydrogen-bond acceptors (Lipinski definition) is 5. The van der Waals surface area contributed by atoms with Crippen molar-refractivity contribution in [3.05, 3.63) is 71.1 Å². The van der Waals surface area contributed by atoms with Crippen molar-refractivity contribution < 1.29 is 27.4 Å². The fourth-order valence-corrected chi connectivity index (χ4v) is 3.22. The highest BCUT2D eigenvalue weighted by atomic mass is 19.4. The zero-order valence-electron chi connectivity index (χ0n) is 16.1. The van der Waals surface area contributed by atoms with Gasteiger partial charge in [0.05, 0.1) is 18.8 Å². The highest BCUT2D eigenvalue weighted by Crippen LogP contribution is 2.30. The molecule has 3 aromatic rings. The molecular formula is C22H16F3N3O3. The minimum absolute atomic E-state index is 0.136. The van der Waals surface area contributed by atoms with Crippen LogP contribution in [-0.2, 0) is 27.0 Å². The Hall–Kier alpha value is -3.64. The second kappa shape index (κ2) is 8.24. The molecule has 2 aromatic heterocycles. The number of esters is 1. The van der Waals surface area contributed by atoms with E-state index in [2.05, 4.69) is 4.98 Å². The molecule has 9 heteroatoms. The van der Waals surface area contributed by atoms with Crippen LogP contribution in [-0.4, -0.2) is 34.8 Å². The molecule has 0 aliphatic carbocycles. The van der Waals surface area contributed by atoms with Gasteiger partial charge in [0.2, 0.25) is 0 Å². The number of halogens is 3. The minimum atomic E-state index is -4.44. The zero-order chi connectivity index (χ0) is 22.0. The van der Waals surface area contributed by atoms with Crippen LogP contribution < -0.4 is 0 Å². The number of ether oxygens (including phenoxy) is 2. The first-order chi connectivity index (χ1) is 14.8. The maximum atomic E-state index is 13.0. The number of aromatic nitrogens is 2. The Balaban J connectivity index is 1.68. The second-order valence-electron chi connectivity index (χ2n) is 7.02. The highest BCUT2D eigenvalue weighted by molar-refractivity contribution is 6.00. The summed E-state index contributed by atoms with van der Waals surface area (Å²) in [4.78, 5) is 16.6. The van der Waals surface area contributed by atoms with E-state index in [-0.39, 0.29) is 18.2 Å². The molecule has 0 spiro atoms. The Morgan fingerprint density at radius 2 is 2.13 bits per heavy atom. The minimum Gasteiger partial charge on any atom is -0.453 e. The summed E-state index contributed by atoms with van der Waals surface area (Å²) < 4.78 is 50.9. The van der Waals surface area contributed by atoms with E-state index >= 15 is 0 Å². The number of benzene rings is 1. The predicted octanol–water partition coefficient (Wildman–Crippen LogP) is 3.95. The van der Waals surface area contributed by atoms with Gasteiger partial charge in [0, 0.05) is 29.9 Å². The molecule has 4 rings (SSSR count). The molecular weight excluding hydrogens is 411 g/mol. The van der Waals surface area contributed by atoms with Crippen molar-refractivity contribution in [3.8, 4) is 6.07 Å². The summed E-state index contributed by atoms with van der Waals surface area (Å²) in [5.41, 5.74) is 0.577. The lowest BCUT2D eigenvalue weighted by Crippen LogP contribution is -2.38. The van der Waals surface area contributed by atoms with E-state index in [9.17, 15) is 23.2 Å². The van der Waals surface area contributed by atoms with Gasteiger partial charge in [-0.1, -0.05) is 12.1 Å². The van der Waals surface area contributed by atoms with Crippen LogP contribution in [0.25, 0.3) is 17.1 Å². The van der Waals surface area contributed by atoms with Crippen LogP contribution in [0.2, 0.25) is 0 Å². The lowest BCUT2D eigenvalue weighted by Gasteiger charge is -2.25. The summed E-state index contributed by atoms with van der Waals surface area (Å²) >= 11 is 0. The Morgan fingerprint density at radius 3 is 2.81 bits per heavy atom. The van der Waals surface area contributed by atoms with Crippen LogP contribution in [0.1, 0.15) is 16.7 Å². The van der Waals surface area contributed by atoms with E-state index < -0.39 is 17.7 Å². The number of nitriles is 1. The van der Waals surface area contributed by atoms with E-state index in [0.29, 0.717) is 35.4 Å². The molecule has 0 saturated carbocycles. The number of carbonyl (C=O) groups excluding carboxylic acids is 1. The summed E-state index contributed by atoms with van der Waals surface area (Å²) in [5, 5.41) is 10.1. The molecule has 0 bridgehead atoms.